The molecule has 1 N–H and O–H groups in total. The van der Waals surface area contributed by atoms with Crippen LogP contribution in [0.3, 0.4) is 0 Å². The van der Waals surface area contributed by atoms with Crippen molar-refractivity contribution in [3.05, 3.63) is 57.8 Å². The van der Waals surface area contributed by atoms with E-state index >= 15 is 0 Å². The largest absolute Gasteiger partial charge is 0.480 e. The Bertz CT molecular complexity index is 696. The summed E-state index contributed by atoms with van der Waals surface area (Å²) in [7, 11) is 0. The fourth-order valence-electron chi connectivity index (χ4n) is 2.09. The van der Waals surface area contributed by atoms with Crippen molar-refractivity contribution in [2.75, 3.05) is 6.54 Å². The van der Waals surface area contributed by atoms with Gasteiger partial charge in [-0.25, -0.2) is 0 Å². The zero-order valence-electron chi connectivity index (χ0n) is 12.4. The van der Waals surface area contributed by atoms with Crippen LogP contribution in [0.1, 0.15) is 16.0 Å². The van der Waals surface area contributed by atoms with Crippen molar-refractivity contribution < 1.29 is 27.9 Å². The normalized spacial score (nSPS) is 11.3. The molecule has 0 saturated carbocycles. The molecule has 24 heavy (non-hydrogen) atoms. The first-order valence-electron chi connectivity index (χ1n) is 6.94. The molecule has 0 aliphatic rings. The van der Waals surface area contributed by atoms with E-state index in [0.29, 0.717) is 5.56 Å². The second-order valence-corrected chi connectivity index (χ2v) is 6.13. The lowest BCUT2D eigenvalue weighted by Gasteiger charge is -2.21. The number of carboxylic acids is 1. The number of carbonyl (C=O) groups is 2. The number of carboxylic acid groups (broad SMARTS) is 1. The Morgan fingerprint density at radius 2 is 1.79 bits per heavy atom. The maximum atomic E-state index is 12.6. The zero-order valence-corrected chi connectivity index (χ0v) is 13.2. The molecule has 128 valence electrons. The van der Waals surface area contributed by atoms with Gasteiger partial charge in [0.15, 0.2) is 0 Å². The van der Waals surface area contributed by atoms with Crippen LogP contribution in [-0.4, -0.2) is 28.4 Å². The number of carbonyl (C=O) groups excluding carboxylic acids is 1. The topological polar surface area (TPSA) is 57.6 Å². The Kier molecular flexibility index (Phi) is 5.61. The molecule has 0 atom stereocenters. The molecule has 4 nitrogen and oxygen atoms in total. The van der Waals surface area contributed by atoms with E-state index in [1.807, 2.05) is 0 Å². The van der Waals surface area contributed by atoms with Gasteiger partial charge in [-0.2, -0.15) is 13.2 Å². The molecular formula is C16H14F3NO3S. The third-order valence-electron chi connectivity index (χ3n) is 3.24. The van der Waals surface area contributed by atoms with Gasteiger partial charge in [-0.05, 0) is 29.1 Å². The van der Waals surface area contributed by atoms with Crippen LogP contribution in [0.5, 0.6) is 0 Å². The summed E-state index contributed by atoms with van der Waals surface area (Å²) in [5.74, 6) is -1.57. The maximum Gasteiger partial charge on any atom is 0.416 e. The summed E-state index contributed by atoms with van der Waals surface area (Å²) in [5, 5.41) is 10.8. The summed E-state index contributed by atoms with van der Waals surface area (Å²) in [5.41, 5.74) is -0.357. The van der Waals surface area contributed by atoms with Crippen molar-refractivity contribution in [1.82, 2.24) is 4.90 Å². The number of hydrogen-bond acceptors (Lipinski definition) is 3. The van der Waals surface area contributed by atoms with Crippen LogP contribution >= 0.6 is 11.3 Å². The number of aliphatic carboxylic acids is 1. The summed E-state index contributed by atoms with van der Waals surface area (Å²) in [6.45, 7) is -0.570. The van der Waals surface area contributed by atoms with Crippen molar-refractivity contribution in [1.29, 1.82) is 0 Å². The molecule has 0 aliphatic carbocycles. The van der Waals surface area contributed by atoms with Gasteiger partial charge in [0.2, 0.25) is 5.91 Å². The van der Waals surface area contributed by atoms with E-state index in [1.54, 1.807) is 17.5 Å². The van der Waals surface area contributed by atoms with Gasteiger partial charge in [-0.1, -0.05) is 18.2 Å². The lowest BCUT2D eigenvalue weighted by Crippen LogP contribution is -2.36. The molecule has 2 rings (SSSR count). The lowest BCUT2D eigenvalue weighted by molar-refractivity contribution is -0.144. The Labute approximate surface area is 140 Å². The van der Waals surface area contributed by atoms with Gasteiger partial charge in [0.25, 0.3) is 0 Å². The predicted molar refractivity (Wildman–Crippen MR) is 82.5 cm³/mol. The molecule has 0 bridgehead atoms. The molecule has 2 aromatic rings. The van der Waals surface area contributed by atoms with Gasteiger partial charge in [-0.3, -0.25) is 9.59 Å². The molecule has 1 amide bonds. The molecule has 0 saturated heterocycles. The Morgan fingerprint density at radius 3 is 2.29 bits per heavy atom. The fraction of sp³-hybridized carbons (Fsp3) is 0.250. The number of thiophene rings is 1. The van der Waals surface area contributed by atoms with Crippen molar-refractivity contribution in [2.45, 2.75) is 19.1 Å². The molecule has 1 aromatic carbocycles. The van der Waals surface area contributed by atoms with Crippen LogP contribution in [0.2, 0.25) is 0 Å². The monoisotopic (exact) mass is 357 g/mol. The van der Waals surface area contributed by atoms with Gasteiger partial charge in [0, 0.05) is 11.4 Å². The summed E-state index contributed by atoms with van der Waals surface area (Å²) in [6.07, 6.45) is -4.38. The molecule has 0 fully saturated rings. The molecule has 1 aromatic heterocycles. The van der Waals surface area contributed by atoms with Crippen LogP contribution in [-0.2, 0) is 28.7 Å². The summed E-state index contributed by atoms with van der Waals surface area (Å²) in [6, 6.07) is 7.87. The fourth-order valence-corrected chi connectivity index (χ4v) is 2.78. The van der Waals surface area contributed by atoms with E-state index in [9.17, 15) is 22.8 Å². The molecular weight excluding hydrogens is 343 g/mol. The zero-order chi connectivity index (χ0) is 17.7. The third-order valence-corrected chi connectivity index (χ3v) is 4.12. The van der Waals surface area contributed by atoms with Crippen molar-refractivity contribution in [2.24, 2.45) is 0 Å². The smallest absolute Gasteiger partial charge is 0.416 e. The average molecular weight is 357 g/mol. The number of halogens is 3. The SMILES string of the molecule is O=C(O)CN(Cc1ccc(C(F)(F)F)cc1)C(=O)Cc1cccs1. The molecule has 0 unspecified atom stereocenters. The van der Waals surface area contributed by atoms with Gasteiger partial charge < -0.3 is 10.0 Å². The number of nitrogens with zero attached hydrogens (tertiary/aromatic N) is 1. The Balaban J connectivity index is 2.10. The van der Waals surface area contributed by atoms with Crippen molar-refractivity contribution in [3.63, 3.8) is 0 Å². The molecule has 0 radical (unpaired) electrons. The van der Waals surface area contributed by atoms with Gasteiger partial charge >= 0.3 is 12.1 Å². The summed E-state index contributed by atoms with van der Waals surface area (Å²) >= 11 is 1.38. The van der Waals surface area contributed by atoms with Crippen LogP contribution in [0.15, 0.2) is 41.8 Å². The minimum Gasteiger partial charge on any atom is -0.480 e. The van der Waals surface area contributed by atoms with E-state index in [2.05, 4.69) is 0 Å². The summed E-state index contributed by atoms with van der Waals surface area (Å²) in [4.78, 5) is 25.1. The van der Waals surface area contributed by atoms with Gasteiger partial charge in [0.05, 0.1) is 12.0 Å². The minimum absolute atomic E-state index is 0.0609. The van der Waals surface area contributed by atoms with E-state index in [0.717, 1.165) is 21.9 Å². The van der Waals surface area contributed by atoms with Crippen LogP contribution < -0.4 is 0 Å². The Morgan fingerprint density at radius 1 is 1.12 bits per heavy atom. The van der Waals surface area contributed by atoms with Gasteiger partial charge in [-0.15, -0.1) is 11.3 Å². The highest BCUT2D eigenvalue weighted by molar-refractivity contribution is 7.10. The first kappa shape index (κ1) is 18.0. The van der Waals surface area contributed by atoms with Crippen molar-refractivity contribution >= 4 is 23.2 Å². The van der Waals surface area contributed by atoms with Gasteiger partial charge in [0.1, 0.15) is 6.54 Å². The highest BCUT2D eigenvalue weighted by Crippen LogP contribution is 2.29. The standard InChI is InChI=1S/C16H14F3NO3S/c17-16(18,19)12-5-3-11(4-6-12)9-20(10-15(22)23)14(21)8-13-2-1-7-24-13/h1-7H,8-10H2,(H,22,23). The number of rotatable bonds is 6. The minimum atomic E-state index is -4.44. The number of alkyl halides is 3. The number of benzene rings is 1. The molecule has 0 spiro atoms. The van der Waals surface area contributed by atoms with Crippen LogP contribution in [0.4, 0.5) is 13.2 Å². The molecule has 0 aliphatic heterocycles. The predicted octanol–water partition coefficient (Wildman–Crippen LogP) is 3.42. The first-order chi connectivity index (χ1) is 11.3. The number of hydrogen-bond donors (Lipinski definition) is 1. The average Bonchev–Trinajstić information content (AvgIpc) is 2.98. The second-order valence-electron chi connectivity index (χ2n) is 5.09. The second kappa shape index (κ2) is 7.48. The van der Waals surface area contributed by atoms with E-state index in [4.69, 9.17) is 5.11 Å². The lowest BCUT2D eigenvalue weighted by atomic mass is 10.1. The van der Waals surface area contributed by atoms with E-state index in [1.165, 1.54) is 23.5 Å². The quantitative estimate of drug-likeness (QED) is 0.862. The third kappa shape index (κ3) is 5.09. The van der Waals surface area contributed by atoms with Crippen molar-refractivity contribution in [3.8, 4) is 0 Å². The Hall–Kier alpha value is -2.35. The highest BCUT2D eigenvalue weighted by Gasteiger charge is 2.30. The summed E-state index contributed by atoms with van der Waals surface area (Å²) < 4.78 is 37.7. The first-order valence-corrected chi connectivity index (χ1v) is 7.82. The van der Waals surface area contributed by atoms with E-state index in [-0.39, 0.29) is 18.9 Å². The number of amides is 1. The maximum absolute atomic E-state index is 12.6. The molecule has 1 heterocycles. The highest BCUT2D eigenvalue weighted by atomic mass is 32.1. The molecule has 8 heteroatoms. The van der Waals surface area contributed by atoms with Crippen LogP contribution in [0, 0.1) is 0 Å². The van der Waals surface area contributed by atoms with Crippen LogP contribution in [0.25, 0.3) is 0 Å². The van der Waals surface area contributed by atoms with E-state index < -0.39 is 24.3 Å².